The Bertz CT molecular complexity index is 420. The Morgan fingerprint density at radius 3 is 2.47 bits per heavy atom. The molecular formula is C17H28N2. The van der Waals surface area contributed by atoms with Crippen molar-refractivity contribution < 1.29 is 0 Å². The van der Waals surface area contributed by atoms with E-state index >= 15 is 0 Å². The van der Waals surface area contributed by atoms with Gasteiger partial charge in [0.1, 0.15) is 0 Å². The van der Waals surface area contributed by atoms with E-state index in [1.165, 1.54) is 48.3 Å². The summed E-state index contributed by atoms with van der Waals surface area (Å²) in [5.74, 6) is 0.735. The van der Waals surface area contributed by atoms with Gasteiger partial charge in [0.2, 0.25) is 0 Å². The van der Waals surface area contributed by atoms with Crippen LogP contribution >= 0.6 is 0 Å². The van der Waals surface area contributed by atoms with E-state index in [2.05, 4.69) is 50.0 Å². The molecule has 1 heterocycles. The molecule has 0 amide bonds. The van der Waals surface area contributed by atoms with Gasteiger partial charge in [-0.15, -0.1) is 0 Å². The van der Waals surface area contributed by atoms with Crippen LogP contribution in [0.3, 0.4) is 0 Å². The van der Waals surface area contributed by atoms with Crippen LogP contribution in [-0.4, -0.2) is 37.6 Å². The number of piperazine rings is 1. The molecule has 0 saturated carbocycles. The minimum Gasteiger partial charge on any atom is -0.314 e. The summed E-state index contributed by atoms with van der Waals surface area (Å²) < 4.78 is 0. The van der Waals surface area contributed by atoms with Gasteiger partial charge in [-0.3, -0.25) is 0 Å². The number of aryl methyl sites for hydroxylation is 1. The first-order valence-electron chi connectivity index (χ1n) is 7.56. The van der Waals surface area contributed by atoms with Gasteiger partial charge in [-0.2, -0.15) is 0 Å². The van der Waals surface area contributed by atoms with E-state index in [1.807, 2.05) is 0 Å². The molecule has 1 aliphatic rings. The van der Waals surface area contributed by atoms with E-state index in [0.29, 0.717) is 0 Å². The van der Waals surface area contributed by atoms with Crippen molar-refractivity contribution in [2.75, 3.05) is 32.7 Å². The molecule has 0 bridgehead atoms. The van der Waals surface area contributed by atoms with E-state index in [4.69, 9.17) is 0 Å². The van der Waals surface area contributed by atoms with Gasteiger partial charge < -0.3 is 10.2 Å². The predicted molar refractivity (Wildman–Crippen MR) is 82.8 cm³/mol. The van der Waals surface area contributed by atoms with Crippen LogP contribution in [0.4, 0.5) is 0 Å². The van der Waals surface area contributed by atoms with E-state index in [0.717, 1.165) is 19.0 Å². The van der Waals surface area contributed by atoms with Crippen molar-refractivity contribution in [1.29, 1.82) is 0 Å². The normalized spacial score (nSPS) is 18.5. The molecule has 0 aliphatic carbocycles. The molecule has 0 spiro atoms. The van der Waals surface area contributed by atoms with Crippen molar-refractivity contribution in [3.63, 3.8) is 0 Å². The monoisotopic (exact) mass is 260 g/mol. The zero-order valence-electron chi connectivity index (χ0n) is 12.9. The average molecular weight is 260 g/mol. The molecule has 1 aromatic rings. The van der Waals surface area contributed by atoms with E-state index in [9.17, 15) is 0 Å². The summed E-state index contributed by atoms with van der Waals surface area (Å²) in [6.07, 6.45) is 1.21. The Morgan fingerprint density at radius 1 is 1.11 bits per heavy atom. The van der Waals surface area contributed by atoms with E-state index in [1.54, 1.807) is 0 Å². The highest BCUT2D eigenvalue weighted by Crippen LogP contribution is 2.20. The van der Waals surface area contributed by atoms with Crippen LogP contribution in [0, 0.1) is 26.7 Å². The molecule has 1 fully saturated rings. The summed E-state index contributed by atoms with van der Waals surface area (Å²) >= 11 is 0. The van der Waals surface area contributed by atoms with Crippen molar-refractivity contribution in [2.45, 2.75) is 34.1 Å². The molecular weight excluding hydrogens is 232 g/mol. The highest BCUT2D eigenvalue weighted by molar-refractivity contribution is 5.38. The summed E-state index contributed by atoms with van der Waals surface area (Å²) in [4.78, 5) is 2.59. The fourth-order valence-electron chi connectivity index (χ4n) is 3.01. The van der Waals surface area contributed by atoms with Gasteiger partial charge in [-0.25, -0.2) is 0 Å². The molecule has 19 heavy (non-hydrogen) atoms. The quantitative estimate of drug-likeness (QED) is 0.895. The summed E-state index contributed by atoms with van der Waals surface area (Å²) in [6.45, 7) is 15.0. The van der Waals surface area contributed by atoms with Crippen LogP contribution in [0.25, 0.3) is 0 Å². The maximum atomic E-state index is 3.42. The highest BCUT2D eigenvalue weighted by Gasteiger charge is 2.14. The van der Waals surface area contributed by atoms with Gasteiger partial charge in [-0.05, 0) is 55.4 Å². The zero-order valence-corrected chi connectivity index (χ0v) is 12.9. The molecule has 106 valence electrons. The number of hydrogen-bond donors (Lipinski definition) is 1. The number of rotatable bonds is 4. The SMILES string of the molecule is Cc1ccc(CC(C)CN2CCNCC2)c(C)c1C. The largest absolute Gasteiger partial charge is 0.314 e. The first kappa shape index (κ1) is 14.5. The molecule has 1 aromatic carbocycles. The van der Waals surface area contributed by atoms with Crippen molar-refractivity contribution in [2.24, 2.45) is 5.92 Å². The summed E-state index contributed by atoms with van der Waals surface area (Å²) in [6, 6.07) is 4.60. The fraction of sp³-hybridized carbons (Fsp3) is 0.647. The number of nitrogens with one attached hydrogen (secondary N) is 1. The lowest BCUT2D eigenvalue weighted by Gasteiger charge is -2.30. The Hall–Kier alpha value is -0.860. The maximum Gasteiger partial charge on any atom is 0.0107 e. The van der Waals surface area contributed by atoms with Crippen molar-refractivity contribution in [3.05, 3.63) is 34.4 Å². The second-order valence-electron chi connectivity index (χ2n) is 6.15. The molecule has 1 saturated heterocycles. The van der Waals surface area contributed by atoms with E-state index < -0.39 is 0 Å². The number of nitrogens with zero attached hydrogens (tertiary/aromatic N) is 1. The van der Waals surface area contributed by atoms with Gasteiger partial charge in [0.05, 0.1) is 0 Å². The van der Waals surface area contributed by atoms with Crippen LogP contribution in [0.15, 0.2) is 12.1 Å². The minimum atomic E-state index is 0.735. The lowest BCUT2D eigenvalue weighted by Crippen LogP contribution is -2.45. The van der Waals surface area contributed by atoms with Crippen LogP contribution in [-0.2, 0) is 6.42 Å². The molecule has 0 radical (unpaired) electrons. The summed E-state index contributed by atoms with van der Waals surface area (Å²) in [5, 5.41) is 3.42. The van der Waals surface area contributed by atoms with Gasteiger partial charge in [-0.1, -0.05) is 19.1 Å². The molecule has 1 unspecified atom stereocenters. The van der Waals surface area contributed by atoms with Crippen LogP contribution in [0.2, 0.25) is 0 Å². The van der Waals surface area contributed by atoms with Gasteiger partial charge >= 0.3 is 0 Å². The van der Waals surface area contributed by atoms with Crippen LogP contribution in [0.5, 0.6) is 0 Å². The lowest BCUT2D eigenvalue weighted by molar-refractivity contribution is 0.211. The molecule has 1 atom stereocenters. The van der Waals surface area contributed by atoms with Crippen molar-refractivity contribution in [1.82, 2.24) is 10.2 Å². The zero-order chi connectivity index (χ0) is 13.8. The average Bonchev–Trinajstić information content (AvgIpc) is 2.41. The second kappa shape index (κ2) is 6.53. The first-order chi connectivity index (χ1) is 9.08. The third-order valence-electron chi connectivity index (χ3n) is 4.52. The van der Waals surface area contributed by atoms with Gasteiger partial charge in [0.25, 0.3) is 0 Å². The standard InChI is InChI=1S/C17H28N2/c1-13(12-19-9-7-18-8-10-19)11-17-6-5-14(2)15(3)16(17)4/h5-6,13,18H,7-12H2,1-4H3. The molecule has 2 heteroatoms. The van der Waals surface area contributed by atoms with Crippen LogP contribution < -0.4 is 5.32 Å². The highest BCUT2D eigenvalue weighted by atomic mass is 15.2. The summed E-state index contributed by atoms with van der Waals surface area (Å²) in [7, 11) is 0. The Balaban J connectivity index is 1.94. The fourth-order valence-corrected chi connectivity index (χ4v) is 3.01. The van der Waals surface area contributed by atoms with Crippen molar-refractivity contribution >= 4 is 0 Å². The maximum absolute atomic E-state index is 3.42. The molecule has 2 rings (SSSR count). The molecule has 0 aromatic heterocycles. The molecule has 1 N–H and O–H groups in total. The second-order valence-corrected chi connectivity index (χ2v) is 6.15. The molecule has 2 nitrogen and oxygen atoms in total. The lowest BCUT2D eigenvalue weighted by atomic mass is 9.92. The van der Waals surface area contributed by atoms with E-state index in [-0.39, 0.29) is 0 Å². The Labute approximate surface area is 118 Å². The Morgan fingerprint density at radius 2 is 1.79 bits per heavy atom. The number of benzene rings is 1. The first-order valence-corrected chi connectivity index (χ1v) is 7.56. The Kier molecular flexibility index (Phi) is 5.00. The van der Waals surface area contributed by atoms with Crippen molar-refractivity contribution in [3.8, 4) is 0 Å². The number of hydrogen-bond acceptors (Lipinski definition) is 2. The summed E-state index contributed by atoms with van der Waals surface area (Å²) in [5.41, 5.74) is 5.90. The third-order valence-corrected chi connectivity index (χ3v) is 4.52. The van der Waals surface area contributed by atoms with Gasteiger partial charge in [0, 0.05) is 32.7 Å². The smallest absolute Gasteiger partial charge is 0.0107 e. The topological polar surface area (TPSA) is 15.3 Å². The van der Waals surface area contributed by atoms with Gasteiger partial charge in [0.15, 0.2) is 0 Å². The predicted octanol–water partition coefficient (Wildman–Crippen LogP) is 2.70. The third kappa shape index (κ3) is 3.80. The van der Waals surface area contributed by atoms with Crippen LogP contribution in [0.1, 0.15) is 29.2 Å². The molecule has 1 aliphatic heterocycles. The minimum absolute atomic E-state index is 0.735.